The van der Waals surface area contributed by atoms with E-state index in [1.807, 2.05) is 0 Å². The molecule has 0 saturated carbocycles. The van der Waals surface area contributed by atoms with Gasteiger partial charge in [0, 0.05) is 13.7 Å². The van der Waals surface area contributed by atoms with E-state index < -0.39 is 6.10 Å². The number of methoxy groups -OCH3 is 2. The maximum Gasteiger partial charge on any atom is 0.260 e. The van der Waals surface area contributed by atoms with Gasteiger partial charge in [-0.1, -0.05) is 0 Å². The van der Waals surface area contributed by atoms with E-state index in [1.54, 1.807) is 32.2 Å². The van der Waals surface area contributed by atoms with Crippen LogP contribution < -0.4 is 14.8 Å². The van der Waals surface area contributed by atoms with Crippen LogP contribution in [0.5, 0.6) is 11.5 Å². The summed E-state index contributed by atoms with van der Waals surface area (Å²) in [5, 5.41) is 2.66. The quantitative estimate of drug-likeness (QED) is 0.569. The second-order valence-corrected chi connectivity index (χ2v) is 4.07. The smallest absolute Gasteiger partial charge is 0.260 e. The standard InChI is InChI=1S/C14H19NO5/c1-10(14(17)15-6-7-18-2)20-13-5-4-12(19-3)8-11(13)9-16/h4-5,8-10H,6-7H2,1-3H3,(H,15,17). The lowest BCUT2D eigenvalue weighted by Gasteiger charge is -2.16. The summed E-state index contributed by atoms with van der Waals surface area (Å²) in [5.41, 5.74) is 0.334. The Kier molecular flexibility index (Phi) is 6.52. The highest BCUT2D eigenvalue weighted by atomic mass is 16.5. The predicted molar refractivity (Wildman–Crippen MR) is 73.4 cm³/mol. The van der Waals surface area contributed by atoms with E-state index >= 15 is 0 Å². The zero-order chi connectivity index (χ0) is 15.0. The Hall–Kier alpha value is -2.08. The number of hydrogen-bond acceptors (Lipinski definition) is 5. The lowest BCUT2D eigenvalue weighted by atomic mass is 10.2. The minimum atomic E-state index is -0.709. The molecule has 0 aliphatic rings. The molecule has 0 spiro atoms. The van der Waals surface area contributed by atoms with Crippen molar-refractivity contribution in [2.75, 3.05) is 27.4 Å². The SMILES string of the molecule is COCCNC(=O)C(C)Oc1ccc(OC)cc1C=O. The first kappa shape index (κ1) is 16.0. The van der Waals surface area contributed by atoms with Crippen LogP contribution in [0.15, 0.2) is 18.2 Å². The van der Waals surface area contributed by atoms with Gasteiger partial charge in [0.25, 0.3) is 5.91 Å². The van der Waals surface area contributed by atoms with Crippen molar-refractivity contribution in [2.24, 2.45) is 0 Å². The van der Waals surface area contributed by atoms with E-state index in [0.717, 1.165) is 0 Å². The summed E-state index contributed by atoms with van der Waals surface area (Å²) < 4.78 is 15.3. The molecule has 1 N–H and O–H groups in total. The number of ether oxygens (including phenoxy) is 3. The van der Waals surface area contributed by atoms with Gasteiger partial charge in [-0.15, -0.1) is 0 Å². The van der Waals surface area contributed by atoms with Gasteiger partial charge < -0.3 is 19.5 Å². The molecule has 1 atom stereocenters. The molecule has 0 aliphatic heterocycles. The molecule has 20 heavy (non-hydrogen) atoms. The summed E-state index contributed by atoms with van der Waals surface area (Å²) in [5.74, 6) is 0.626. The van der Waals surface area contributed by atoms with Crippen LogP contribution in [0.1, 0.15) is 17.3 Å². The first-order valence-corrected chi connectivity index (χ1v) is 6.19. The Labute approximate surface area is 118 Å². The summed E-state index contributed by atoms with van der Waals surface area (Å²) in [6, 6.07) is 4.82. The molecule has 0 fully saturated rings. The molecule has 6 nitrogen and oxygen atoms in total. The molecular formula is C14H19NO5. The van der Waals surface area contributed by atoms with Gasteiger partial charge >= 0.3 is 0 Å². The van der Waals surface area contributed by atoms with Crippen molar-refractivity contribution < 1.29 is 23.8 Å². The van der Waals surface area contributed by atoms with Gasteiger partial charge in [-0.3, -0.25) is 9.59 Å². The number of carbonyl (C=O) groups excluding carboxylic acids is 2. The van der Waals surface area contributed by atoms with E-state index in [9.17, 15) is 9.59 Å². The van der Waals surface area contributed by atoms with E-state index in [0.29, 0.717) is 36.5 Å². The fourth-order valence-electron chi connectivity index (χ4n) is 1.52. The van der Waals surface area contributed by atoms with Gasteiger partial charge in [-0.2, -0.15) is 0 Å². The van der Waals surface area contributed by atoms with Gasteiger partial charge in [-0.25, -0.2) is 0 Å². The van der Waals surface area contributed by atoms with Crippen LogP contribution in [0.2, 0.25) is 0 Å². The molecule has 1 aromatic rings. The molecule has 0 bridgehead atoms. The number of benzene rings is 1. The predicted octanol–water partition coefficient (Wildman–Crippen LogP) is 1.04. The zero-order valence-electron chi connectivity index (χ0n) is 11.8. The number of aldehydes is 1. The van der Waals surface area contributed by atoms with Gasteiger partial charge in [0.05, 0.1) is 19.3 Å². The van der Waals surface area contributed by atoms with Crippen LogP contribution in [0, 0.1) is 0 Å². The van der Waals surface area contributed by atoms with Crippen molar-refractivity contribution in [3.8, 4) is 11.5 Å². The minimum Gasteiger partial charge on any atom is -0.497 e. The van der Waals surface area contributed by atoms with Gasteiger partial charge in [-0.05, 0) is 25.1 Å². The molecule has 0 radical (unpaired) electrons. The first-order valence-electron chi connectivity index (χ1n) is 6.19. The van der Waals surface area contributed by atoms with Crippen molar-refractivity contribution in [1.29, 1.82) is 0 Å². The first-order chi connectivity index (χ1) is 9.62. The highest BCUT2D eigenvalue weighted by molar-refractivity contribution is 5.82. The molecule has 0 aromatic heterocycles. The average Bonchev–Trinajstić information content (AvgIpc) is 2.47. The number of amides is 1. The Bertz CT molecular complexity index is 461. The van der Waals surface area contributed by atoms with Crippen molar-refractivity contribution >= 4 is 12.2 Å². The number of carbonyl (C=O) groups is 2. The normalized spacial score (nSPS) is 11.6. The highest BCUT2D eigenvalue weighted by Gasteiger charge is 2.16. The highest BCUT2D eigenvalue weighted by Crippen LogP contribution is 2.23. The lowest BCUT2D eigenvalue weighted by molar-refractivity contribution is -0.127. The third-order valence-electron chi connectivity index (χ3n) is 2.62. The monoisotopic (exact) mass is 281 g/mol. The van der Waals surface area contributed by atoms with Gasteiger partial charge in [0.2, 0.25) is 0 Å². The summed E-state index contributed by atoms with van der Waals surface area (Å²) in [6.07, 6.45) is -0.0492. The van der Waals surface area contributed by atoms with Gasteiger partial charge in [0.15, 0.2) is 12.4 Å². The van der Waals surface area contributed by atoms with E-state index in [-0.39, 0.29) is 5.91 Å². The number of nitrogens with one attached hydrogen (secondary N) is 1. The fraction of sp³-hybridized carbons (Fsp3) is 0.429. The molecule has 1 unspecified atom stereocenters. The van der Waals surface area contributed by atoms with Crippen LogP contribution in [0.4, 0.5) is 0 Å². The van der Waals surface area contributed by atoms with E-state index in [4.69, 9.17) is 14.2 Å². The lowest BCUT2D eigenvalue weighted by Crippen LogP contribution is -2.38. The van der Waals surface area contributed by atoms with E-state index in [1.165, 1.54) is 7.11 Å². The molecule has 0 saturated heterocycles. The second-order valence-electron chi connectivity index (χ2n) is 4.07. The number of rotatable bonds is 8. The van der Waals surface area contributed by atoms with Crippen molar-refractivity contribution in [3.05, 3.63) is 23.8 Å². The summed E-state index contributed by atoms with van der Waals surface area (Å²) >= 11 is 0. The van der Waals surface area contributed by atoms with Crippen LogP contribution >= 0.6 is 0 Å². The van der Waals surface area contributed by atoms with Crippen molar-refractivity contribution in [2.45, 2.75) is 13.0 Å². The maximum absolute atomic E-state index is 11.7. The molecule has 110 valence electrons. The third-order valence-corrected chi connectivity index (χ3v) is 2.62. The van der Waals surface area contributed by atoms with Gasteiger partial charge in [0.1, 0.15) is 11.5 Å². The zero-order valence-corrected chi connectivity index (χ0v) is 11.8. The molecule has 1 aromatic carbocycles. The largest absolute Gasteiger partial charge is 0.497 e. The Balaban J connectivity index is 2.67. The van der Waals surface area contributed by atoms with Crippen LogP contribution in [0.25, 0.3) is 0 Å². The summed E-state index contributed by atoms with van der Waals surface area (Å²) in [6.45, 7) is 2.45. The minimum absolute atomic E-state index is 0.269. The van der Waals surface area contributed by atoms with Crippen molar-refractivity contribution in [1.82, 2.24) is 5.32 Å². The Morgan fingerprint density at radius 3 is 2.75 bits per heavy atom. The van der Waals surface area contributed by atoms with Crippen LogP contribution in [-0.4, -0.2) is 45.7 Å². The Morgan fingerprint density at radius 1 is 1.40 bits per heavy atom. The molecule has 1 rings (SSSR count). The van der Waals surface area contributed by atoms with Crippen LogP contribution in [0.3, 0.4) is 0 Å². The van der Waals surface area contributed by atoms with Crippen molar-refractivity contribution in [3.63, 3.8) is 0 Å². The topological polar surface area (TPSA) is 73.9 Å². The molecular weight excluding hydrogens is 262 g/mol. The molecule has 0 heterocycles. The Morgan fingerprint density at radius 2 is 2.15 bits per heavy atom. The third kappa shape index (κ3) is 4.55. The molecule has 1 amide bonds. The maximum atomic E-state index is 11.7. The summed E-state index contributed by atoms with van der Waals surface area (Å²) in [4.78, 5) is 22.7. The molecule has 6 heteroatoms. The van der Waals surface area contributed by atoms with Crippen LogP contribution in [-0.2, 0) is 9.53 Å². The summed E-state index contributed by atoms with van der Waals surface area (Å²) in [7, 11) is 3.07. The molecule has 0 aliphatic carbocycles. The second kappa shape index (κ2) is 8.16. The van der Waals surface area contributed by atoms with E-state index in [2.05, 4.69) is 5.32 Å². The average molecular weight is 281 g/mol. The number of hydrogen-bond donors (Lipinski definition) is 1. The fourth-order valence-corrected chi connectivity index (χ4v) is 1.52.